The van der Waals surface area contributed by atoms with Gasteiger partial charge in [0.05, 0.1) is 6.04 Å². The molecular formula is C14H27N3O2. The molecule has 2 aliphatic rings. The van der Waals surface area contributed by atoms with E-state index in [1.54, 1.807) is 7.11 Å². The van der Waals surface area contributed by atoms with Crippen LogP contribution in [0.5, 0.6) is 0 Å². The molecule has 0 bridgehead atoms. The van der Waals surface area contributed by atoms with E-state index in [1.807, 2.05) is 0 Å². The highest BCUT2D eigenvalue weighted by molar-refractivity contribution is 5.81. The van der Waals surface area contributed by atoms with Gasteiger partial charge < -0.3 is 20.7 Å². The molecule has 1 aliphatic carbocycles. The molecular weight excluding hydrogens is 242 g/mol. The number of carbonyl (C=O) groups is 1. The van der Waals surface area contributed by atoms with E-state index in [4.69, 9.17) is 10.5 Å². The second-order valence-electron chi connectivity index (χ2n) is 5.87. The molecule has 1 saturated carbocycles. The summed E-state index contributed by atoms with van der Waals surface area (Å²) >= 11 is 0. The number of carbonyl (C=O) groups excluding carboxylic acids is 1. The Labute approximate surface area is 115 Å². The summed E-state index contributed by atoms with van der Waals surface area (Å²) < 4.78 is 4.96. The Morgan fingerprint density at radius 3 is 2.95 bits per heavy atom. The number of nitrogens with zero attached hydrogens (tertiary/aromatic N) is 1. The average molecular weight is 269 g/mol. The molecule has 0 radical (unpaired) electrons. The summed E-state index contributed by atoms with van der Waals surface area (Å²) in [6.07, 6.45) is 5.46. The molecule has 3 N–H and O–H groups in total. The van der Waals surface area contributed by atoms with Crippen molar-refractivity contribution in [3.8, 4) is 0 Å². The van der Waals surface area contributed by atoms with Crippen molar-refractivity contribution in [1.82, 2.24) is 10.2 Å². The van der Waals surface area contributed by atoms with Crippen LogP contribution in [-0.2, 0) is 9.53 Å². The molecule has 2 rings (SSSR count). The van der Waals surface area contributed by atoms with Crippen molar-refractivity contribution in [1.29, 1.82) is 0 Å². The number of ether oxygens (including phenoxy) is 1. The van der Waals surface area contributed by atoms with Crippen molar-refractivity contribution >= 4 is 5.91 Å². The summed E-state index contributed by atoms with van der Waals surface area (Å²) in [6, 6.07) is 0.452. The summed E-state index contributed by atoms with van der Waals surface area (Å²) in [5.41, 5.74) is 5.85. The monoisotopic (exact) mass is 269 g/mol. The fourth-order valence-corrected chi connectivity index (χ4v) is 2.76. The van der Waals surface area contributed by atoms with Crippen LogP contribution in [0, 0.1) is 5.92 Å². The Bertz CT molecular complexity index is 294. The average Bonchev–Trinajstić information content (AvgIpc) is 3.15. The molecule has 0 spiro atoms. The zero-order valence-electron chi connectivity index (χ0n) is 11.9. The number of nitrogens with two attached hydrogens (primary N) is 1. The molecule has 1 aliphatic heterocycles. The van der Waals surface area contributed by atoms with E-state index >= 15 is 0 Å². The highest BCUT2D eigenvalue weighted by Crippen LogP contribution is 2.31. The SMILES string of the molecule is COCCCC(N)C(=O)NCC1CCN(C2CC2)C1. The van der Waals surface area contributed by atoms with E-state index in [0.29, 0.717) is 18.9 Å². The topological polar surface area (TPSA) is 67.6 Å². The maximum atomic E-state index is 11.8. The van der Waals surface area contributed by atoms with Gasteiger partial charge in [-0.25, -0.2) is 0 Å². The highest BCUT2D eigenvalue weighted by Gasteiger charge is 2.34. The molecule has 1 amide bonds. The lowest BCUT2D eigenvalue weighted by Gasteiger charge is -2.16. The molecule has 0 aromatic carbocycles. The second-order valence-corrected chi connectivity index (χ2v) is 5.87. The van der Waals surface area contributed by atoms with Crippen molar-refractivity contribution in [2.75, 3.05) is 33.4 Å². The highest BCUT2D eigenvalue weighted by atomic mass is 16.5. The fourth-order valence-electron chi connectivity index (χ4n) is 2.76. The fraction of sp³-hybridized carbons (Fsp3) is 0.929. The number of nitrogens with one attached hydrogen (secondary N) is 1. The number of methoxy groups -OCH3 is 1. The van der Waals surface area contributed by atoms with Gasteiger partial charge in [-0.15, -0.1) is 0 Å². The van der Waals surface area contributed by atoms with Crippen molar-refractivity contribution in [3.63, 3.8) is 0 Å². The summed E-state index contributed by atoms with van der Waals surface area (Å²) in [7, 11) is 1.66. The van der Waals surface area contributed by atoms with E-state index in [9.17, 15) is 4.79 Å². The van der Waals surface area contributed by atoms with Crippen LogP contribution in [0.25, 0.3) is 0 Å². The summed E-state index contributed by atoms with van der Waals surface area (Å²) in [5.74, 6) is 0.594. The first-order valence-corrected chi connectivity index (χ1v) is 7.47. The Balaban J connectivity index is 1.57. The Hall–Kier alpha value is -0.650. The molecule has 5 nitrogen and oxygen atoms in total. The quantitative estimate of drug-likeness (QED) is 0.624. The lowest BCUT2D eigenvalue weighted by Crippen LogP contribution is -2.42. The first kappa shape index (κ1) is 14.8. The Morgan fingerprint density at radius 1 is 1.47 bits per heavy atom. The van der Waals surface area contributed by atoms with Crippen LogP contribution in [0.3, 0.4) is 0 Å². The van der Waals surface area contributed by atoms with Crippen molar-refractivity contribution < 1.29 is 9.53 Å². The Kier molecular flexibility index (Phi) is 5.60. The lowest BCUT2D eigenvalue weighted by molar-refractivity contribution is -0.122. The van der Waals surface area contributed by atoms with Crippen LogP contribution in [0.2, 0.25) is 0 Å². The maximum Gasteiger partial charge on any atom is 0.236 e. The van der Waals surface area contributed by atoms with Crippen molar-refractivity contribution in [2.45, 2.75) is 44.2 Å². The lowest BCUT2D eigenvalue weighted by atomic mass is 10.1. The molecule has 1 heterocycles. The summed E-state index contributed by atoms with van der Waals surface area (Å²) in [4.78, 5) is 14.4. The first-order chi connectivity index (χ1) is 9.20. The van der Waals surface area contributed by atoms with E-state index in [0.717, 1.165) is 25.6 Å². The largest absolute Gasteiger partial charge is 0.385 e. The summed E-state index contributed by atoms with van der Waals surface area (Å²) in [5, 5.41) is 3.00. The van der Waals surface area contributed by atoms with E-state index in [1.165, 1.54) is 25.8 Å². The number of likely N-dealkylation sites (tertiary alicyclic amines) is 1. The normalized spacial score (nSPS) is 25.5. The van der Waals surface area contributed by atoms with E-state index in [-0.39, 0.29) is 5.91 Å². The van der Waals surface area contributed by atoms with Crippen molar-refractivity contribution in [2.24, 2.45) is 11.7 Å². The molecule has 0 aromatic rings. The molecule has 19 heavy (non-hydrogen) atoms. The second kappa shape index (κ2) is 7.22. The molecule has 1 saturated heterocycles. The van der Waals surface area contributed by atoms with Crippen LogP contribution >= 0.6 is 0 Å². The minimum atomic E-state index is -0.393. The van der Waals surface area contributed by atoms with Gasteiger partial charge in [0.1, 0.15) is 0 Å². The predicted octanol–water partition coefficient (Wildman–Crippen LogP) is 0.341. The third kappa shape index (κ3) is 4.75. The number of hydrogen-bond acceptors (Lipinski definition) is 4. The summed E-state index contributed by atoms with van der Waals surface area (Å²) in [6.45, 7) is 3.79. The maximum absolute atomic E-state index is 11.8. The number of amides is 1. The van der Waals surface area contributed by atoms with Gasteiger partial charge in [0, 0.05) is 32.8 Å². The minimum absolute atomic E-state index is 0.0130. The van der Waals surface area contributed by atoms with Gasteiger partial charge in [0.15, 0.2) is 0 Å². The molecule has 0 aromatic heterocycles. The number of hydrogen-bond donors (Lipinski definition) is 2. The third-order valence-corrected chi connectivity index (χ3v) is 4.15. The van der Waals surface area contributed by atoms with Gasteiger partial charge in [0.25, 0.3) is 0 Å². The molecule has 5 heteroatoms. The Morgan fingerprint density at radius 2 is 2.26 bits per heavy atom. The number of rotatable bonds is 8. The predicted molar refractivity (Wildman–Crippen MR) is 74.8 cm³/mol. The molecule has 110 valence electrons. The molecule has 2 atom stereocenters. The molecule has 2 unspecified atom stereocenters. The third-order valence-electron chi connectivity index (χ3n) is 4.15. The van der Waals surface area contributed by atoms with E-state index < -0.39 is 6.04 Å². The standard InChI is InChI=1S/C14H27N3O2/c1-19-8-2-3-13(15)14(18)16-9-11-6-7-17(10-11)12-4-5-12/h11-13H,2-10,15H2,1H3,(H,16,18). The van der Waals surface area contributed by atoms with Gasteiger partial charge in [-0.2, -0.15) is 0 Å². The zero-order chi connectivity index (χ0) is 13.7. The van der Waals surface area contributed by atoms with Crippen molar-refractivity contribution in [3.05, 3.63) is 0 Å². The van der Waals surface area contributed by atoms with Gasteiger partial charge in [0.2, 0.25) is 5.91 Å². The van der Waals surface area contributed by atoms with Crippen LogP contribution < -0.4 is 11.1 Å². The van der Waals surface area contributed by atoms with Gasteiger partial charge in [-0.05, 0) is 44.6 Å². The van der Waals surface area contributed by atoms with Gasteiger partial charge >= 0.3 is 0 Å². The smallest absolute Gasteiger partial charge is 0.236 e. The first-order valence-electron chi connectivity index (χ1n) is 7.47. The van der Waals surface area contributed by atoms with Crippen LogP contribution in [0.15, 0.2) is 0 Å². The minimum Gasteiger partial charge on any atom is -0.385 e. The van der Waals surface area contributed by atoms with E-state index in [2.05, 4.69) is 10.2 Å². The van der Waals surface area contributed by atoms with Crippen LogP contribution in [0.1, 0.15) is 32.1 Å². The molecule has 2 fully saturated rings. The van der Waals surface area contributed by atoms with Gasteiger partial charge in [-0.1, -0.05) is 0 Å². The zero-order valence-corrected chi connectivity index (χ0v) is 11.9. The van der Waals surface area contributed by atoms with Crippen LogP contribution in [0.4, 0.5) is 0 Å². The van der Waals surface area contributed by atoms with Gasteiger partial charge in [-0.3, -0.25) is 4.79 Å². The van der Waals surface area contributed by atoms with Crippen LogP contribution in [-0.4, -0.2) is 56.2 Å².